The second-order valence-electron chi connectivity index (χ2n) is 5.02. The van der Waals surface area contributed by atoms with Gasteiger partial charge in [0.25, 0.3) is 5.91 Å². The van der Waals surface area contributed by atoms with Crippen LogP contribution in [-0.2, 0) is 4.79 Å². The molecule has 3 amide bonds. The van der Waals surface area contributed by atoms with Gasteiger partial charge in [0.2, 0.25) is 5.75 Å². The number of carbonyl (C=O) groups excluding carboxylic acids is 2. The highest BCUT2D eigenvalue weighted by molar-refractivity contribution is 6.14. The Morgan fingerprint density at radius 3 is 2.67 bits per heavy atom. The molecule has 0 atom stereocenters. The van der Waals surface area contributed by atoms with E-state index in [2.05, 4.69) is 5.32 Å². The monoisotopic (exact) mass is 335 g/mol. The topological polar surface area (TPSA) is 122 Å². The number of benzene rings is 1. The molecule has 24 heavy (non-hydrogen) atoms. The minimum Gasteiger partial charge on any atom is -0.500 e. The van der Waals surface area contributed by atoms with E-state index in [-0.39, 0.29) is 30.2 Å². The zero-order valence-corrected chi connectivity index (χ0v) is 13.2. The maximum Gasteiger partial charge on any atom is 0.329 e. The van der Waals surface area contributed by atoms with Gasteiger partial charge in [-0.2, -0.15) is 0 Å². The van der Waals surface area contributed by atoms with Gasteiger partial charge in [0.1, 0.15) is 5.70 Å². The van der Waals surface area contributed by atoms with Crippen LogP contribution in [0.1, 0.15) is 25.8 Å². The van der Waals surface area contributed by atoms with Gasteiger partial charge in [-0.1, -0.05) is 6.92 Å². The van der Waals surface area contributed by atoms with Gasteiger partial charge in [-0.25, -0.2) is 4.79 Å². The molecule has 9 nitrogen and oxygen atoms in total. The summed E-state index contributed by atoms with van der Waals surface area (Å²) in [6.07, 6.45) is 1.93. The van der Waals surface area contributed by atoms with Crippen molar-refractivity contribution in [3.8, 4) is 11.5 Å². The number of rotatable bonds is 6. The molecule has 0 bridgehead atoms. The summed E-state index contributed by atoms with van der Waals surface area (Å²) >= 11 is 0. The van der Waals surface area contributed by atoms with Crippen molar-refractivity contribution in [2.45, 2.75) is 20.3 Å². The molecule has 128 valence electrons. The third-order valence-corrected chi connectivity index (χ3v) is 3.29. The summed E-state index contributed by atoms with van der Waals surface area (Å²) < 4.78 is 5.17. The lowest BCUT2D eigenvalue weighted by molar-refractivity contribution is -0.386. The van der Waals surface area contributed by atoms with Gasteiger partial charge < -0.3 is 15.2 Å². The molecule has 2 N–H and O–H groups in total. The van der Waals surface area contributed by atoms with E-state index in [9.17, 15) is 24.8 Å². The van der Waals surface area contributed by atoms with Crippen molar-refractivity contribution in [2.75, 3.05) is 13.2 Å². The molecule has 1 aromatic rings. The molecule has 0 saturated carbocycles. The van der Waals surface area contributed by atoms with Crippen LogP contribution in [0.5, 0.6) is 11.5 Å². The van der Waals surface area contributed by atoms with Gasteiger partial charge in [-0.05, 0) is 31.1 Å². The average Bonchev–Trinajstić information content (AvgIpc) is 2.78. The molecule has 1 aromatic carbocycles. The number of hydrogen-bond acceptors (Lipinski definition) is 6. The first-order chi connectivity index (χ1) is 11.4. The summed E-state index contributed by atoms with van der Waals surface area (Å²) in [5.41, 5.74) is -0.282. The minimum atomic E-state index is -0.752. The predicted octanol–water partition coefficient (Wildman–Crippen LogP) is 2.00. The Kier molecular flexibility index (Phi) is 5.02. The number of phenols is 1. The minimum absolute atomic E-state index is 0.0101. The molecular weight excluding hydrogens is 318 g/mol. The number of aromatic hydroxyl groups is 1. The van der Waals surface area contributed by atoms with Crippen LogP contribution in [0.4, 0.5) is 10.5 Å². The van der Waals surface area contributed by atoms with E-state index in [4.69, 9.17) is 4.74 Å². The standard InChI is InChI=1S/C15H17N3O6/c1-3-5-17-14(20)10(16-15(17)21)6-9-7-11(18(22)23)13(19)12(8-9)24-4-2/h6-8,19H,3-5H2,1-2H3,(H,16,21)/b10-6+. The molecule has 2 rings (SSSR count). The van der Waals surface area contributed by atoms with Gasteiger partial charge in [0.05, 0.1) is 11.5 Å². The summed E-state index contributed by atoms with van der Waals surface area (Å²) in [4.78, 5) is 35.3. The Morgan fingerprint density at radius 1 is 1.38 bits per heavy atom. The Hall–Kier alpha value is -3.10. The zero-order chi connectivity index (χ0) is 17.9. The Balaban J connectivity index is 2.44. The molecule has 0 aromatic heterocycles. The molecule has 0 unspecified atom stereocenters. The normalized spacial score (nSPS) is 15.8. The van der Waals surface area contributed by atoms with Crippen molar-refractivity contribution in [1.82, 2.24) is 10.2 Å². The molecule has 1 aliphatic rings. The van der Waals surface area contributed by atoms with E-state index in [0.29, 0.717) is 6.42 Å². The van der Waals surface area contributed by atoms with E-state index in [1.54, 1.807) is 6.92 Å². The Labute approximate surface area is 137 Å². The van der Waals surface area contributed by atoms with Crippen molar-refractivity contribution in [2.24, 2.45) is 0 Å². The second-order valence-corrected chi connectivity index (χ2v) is 5.02. The molecule has 0 aliphatic carbocycles. The Bertz CT molecular complexity index is 728. The van der Waals surface area contributed by atoms with E-state index in [1.165, 1.54) is 12.1 Å². The SMILES string of the molecule is CCCN1C(=O)N/C(=C/c2cc(OCC)c(O)c([N+](=O)[O-])c2)C1=O. The highest BCUT2D eigenvalue weighted by atomic mass is 16.6. The fourth-order valence-electron chi connectivity index (χ4n) is 2.27. The van der Waals surface area contributed by atoms with Crippen LogP contribution in [-0.4, -0.2) is 40.0 Å². The lowest BCUT2D eigenvalue weighted by atomic mass is 10.1. The van der Waals surface area contributed by atoms with Gasteiger partial charge in [0.15, 0.2) is 5.75 Å². The maximum absolute atomic E-state index is 12.2. The molecule has 9 heteroatoms. The van der Waals surface area contributed by atoms with Crippen LogP contribution in [0.2, 0.25) is 0 Å². The van der Waals surface area contributed by atoms with Crippen LogP contribution < -0.4 is 10.1 Å². The van der Waals surface area contributed by atoms with Crippen molar-refractivity contribution in [1.29, 1.82) is 0 Å². The number of ether oxygens (including phenoxy) is 1. The summed E-state index contributed by atoms with van der Waals surface area (Å²) in [6.45, 7) is 3.98. The van der Waals surface area contributed by atoms with Gasteiger partial charge in [0, 0.05) is 12.6 Å². The molecule has 1 aliphatic heterocycles. The first-order valence-corrected chi connectivity index (χ1v) is 7.37. The van der Waals surface area contributed by atoms with Crippen LogP contribution in [0.25, 0.3) is 6.08 Å². The Morgan fingerprint density at radius 2 is 2.08 bits per heavy atom. The molecule has 1 fully saturated rings. The number of urea groups is 1. The zero-order valence-electron chi connectivity index (χ0n) is 13.2. The number of nitrogens with zero attached hydrogens (tertiary/aromatic N) is 2. The number of amides is 3. The number of nitro groups is 1. The van der Waals surface area contributed by atoms with E-state index >= 15 is 0 Å². The van der Waals surface area contributed by atoms with Crippen molar-refractivity contribution in [3.63, 3.8) is 0 Å². The average molecular weight is 335 g/mol. The maximum atomic E-state index is 12.2. The number of nitrogens with one attached hydrogen (secondary N) is 1. The lowest BCUT2D eigenvalue weighted by Gasteiger charge is -2.09. The summed E-state index contributed by atoms with van der Waals surface area (Å²) in [7, 11) is 0. The fraction of sp³-hybridized carbons (Fsp3) is 0.333. The molecule has 0 spiro atoms. The van der Waals surface area contributed by atoms with Crippen molar-refractivity contribution >= 4 is 23.7 Å². The third-order valence-electron chi connectivity index (χ3n) is 3.29. The molecular formula is C15H17N3O6. The predicted molar refractivity (Wildman–Crippen MR) is 84.4 cm³/mol. The molecule has 1 saturated heterocycles. The largest absolute Gasteiger partial charge is 0.500 e. The highest BCUT2D eigenvalue weighted by Gasteiger charge is 2.33. The smallest absolute Gasteiger partial charge is 0.329 e. The highest BCUT2D eigenvalue weighted by Crippen LogP contribution is 2.37. The van der Waals surface area contributed by atoms with Crippen molar-refractivity contribution < 1.29 is 24.4 Å². The fourth-order valence-corrected chi connectivity index (χ4v) is 2.27. The van der Waals surface area contributed by atoms with E-state index in [1.807, 2.05) is 6.92 Å². The number of carbonyl (C=O) groups is 2. The summed E-state index contributed by atoms with van der Waals surface area (Å²) in [5, 5.41) is 23.3. The summed E-state index contributed by atoms with van der Waals surface area (Å²) in [5.74, 6) is -1.16. The molecule has 1 heterocycles. The first-order valence-electron chi connectivity index (χ1n) is 7.37. The summed E-state index contributed by atoms with van der Waals surface area (Å²) in [6, 6.07) is 1.93. The molecule has 0 radical (unpaired) electrons. The van der Waals surface area contributed by atoms with Crippen LogP contribution in [0.3, 0.4) is 0 Å². The number of hydrogen-bond donors (Lipinski definition) is 2. The van der Waals surface area contributed by atoms with Gasteiger partial charge in [-0.3, -0.25) is 19.8 Å². The van der Waals surface area contributed by atoms with Gasteiger partial charge in [-0.15, -0.1) is 0 Å². The quantitative estimate of drug-likeness (QED) is 0.355. The second kappa shape index (κ2) is 6.99. The van der Waals surface area contributed by atoms with Crippen molar-refractivity contribution in [3.05, 3.63) is 33.5 Å². The van der Waals surface area contributed by atoms with Gasteiger partial charge >= 0.3 is 11.7 Å². The van der Waals surface area contributed by atoms with Crippen LogP contribution in [0, 0.1) is 10.1 Å². The van der Waals surface area contributed by atoms with E-state index < -0.39 is 28.3 Å². The number of phenolic OH excluding ortho intramolecular Hbond substituents is 1. The van der Waals surface area contributed by atoms with Crippen LogP contribution in [0.15, 0.2) is 17.8 Å². The first kappa shape index (κ1) is 17.3. The van der Waals surface area contributed by atoms with Crippen LogP contribution >= 0.6 is 0 Å². The third kappa shape index (κ3) is 3.29. The number of imide groups is 1. The number of nitro benzene ring substituents is 1. The van der Waals surface area contributed by atoms with E-state index in [0.717, 1.165) is 11.0 Å². The lowest BCUT2D eigenvalue weighted by Crippen LogP contribution is -2.31.